The van der Waals surface area contributed by atoms with E-state index < -0.39 is 10.0 Å². The third-order valence-electron chi connectivity index (χ3n) is 2.63. The average Bonchev–Trinajstić information content (AvgIpc) is 2.82. The van der Waals surface area contributed by atoms with Crippen LogP contribution in [-0.2, 0) is 10.0 Å². The second-order valence-corrected chi connectivity index (χ2v) is 9.18. The van der Waals surface area contributed by atoms with Crippen molar-refractivity contribution in [3.05, 3.63) is 34.8 Å². The molecule has 0 aliphatic carbocycles. The van der Waals surface area contributed by atoms with Gasteiger partial charge in [-0.3, -0.25) is 9.52 Å². The number of rotatable bonds is 6. The highest BCUT2D eigenvalue weighted by Crippen LogP contribution is 2.28. The first-order valence-corrected chi connectivity index (χ1v) is 9.92. The number of benzene rings is 1. The zero-order chi connectivity index (χ0) is 16.3. The van der Waals surface area contributed by atoms with E-state index in [9.17, 15) is 13.2 Å². The molecule has 118 valence electrons. The first-order chi connectivity index (χ1) is 10.2. The third kappa shape index (κ3) is 4.79. The lowest BCUT2D eigenvalue weighted by Crippen LogP contribution is -2.14. The van der Waals surface area contributed by atoms with Crippen LogP contribution in [0, 0.1) is 6.92 Å². The van der Waals surface area contributed by atoms with E-state index in [1.54, 1.807) is 24.3 Å². The van der Waals surface area contributed by atoms with Crippen molar-refractivity contribution in [2.45, 2.75) is 23.4 Å². The molecule has 0 fully saturated rings. The summed E-state index contributed by atoms with van der Waals surface area (Å²) in [4.78, 5) is 12.3. The lowest BCUT2D eigenvalue weighted by atomic mass is 10.1. The molecule has 2 aromatic rings. The summed E-state index contributed by atoms with van der Waals surface area (Å²) in [6, 6.07) is 6.36. The molecule has 0 saturated heterocycles. The van der Waals surface area contributed by atoms with Crippen LogP contribution in [0.1, 0.15) is 22.3 Å². The molecule has 0 amide bonds. The summed E-state index contributed by atoms with van der Waals surface area (Å²) in [6.45, 7) is 3.67. The number of hydrogen-bond acceptors (Lipinski definition) is 7. The Kier molecular flexibility index (Phi) is 5.20. The number of hydrogen-bond donors (Lipinski definition) is 1. The van der Waals surface area contributed by atoms with Gasteiger partial charge in [0.05, 0.1) is 11.5 Å². The van der Waals surface area contributed by atoms with Gasteiger partial charge < -0.3 is 0 Å². The topological polar surface area (TPSA) is 89.0 Å². The maximum atomic E-state index is 12.3. The number of nitrogens with one attached hydrogen (secondary N) is 1. The number of nitrogens with zero attached hydrogens (tertiary/aromatic N) is 2. The molecule has 1 aromatic carbocycles. The number of aryl methyl sites for hydroxylation is 1. The van der Waals surface area contributed by atoms with E-state index in [4.69, 9.17) is 0 Å². The van der Waals surface area contributed by atoms with Gasteiger partial charge >= 0.3 is 0 Å². The van der Waals surface area contributed by atoms with Gasteiger partial charge in [0.2, 0.25) is 10.0 Å². The van der Waals surface area contributed by atoms with E-state index in [0.717, 1.165) is 15.6 Å². The monoisotopic (exact) mass is 357 g/mol. The van der Waals surface area contributed by atoms with Crippen molar-refractivity contribution < 1.29 is 13.2 Å². The van der Waals surface area contributed by atoms with Gasteiger partial charge in [-0.05, 0) is 38.1 Å². The Balaban J connectivity index is 2.05. The van der Waals surface area contributed by atoms with Crippen molar-refractivity contribution >= 4 is 44.6 Å². The van der Waals surface area contributed by atoms with Gasteiger partial charge in [0.1, 0.15) is 5.01 Å². The zero-order valence-electron chi connectivity index (χ0n) is 12.2. The first-order valence-electron chi connectivity index (χ1n) is 6.33. The zero-order valence-corrected chi connectivity index (χ0v) is 14.7. The molecule has 22 heavy (non-hydrogen) atoms. The van der Waals surface area contributed by atoms with E-state index >= 15 is 0 Å². The number of carbonyl (C=O) groups is 1. The molecule has 6 nitrogen and oxygen atoms in total. The number of sulfonamides is 1. The normalized spacial score (nSPS) is 12.9. The largest absolute Gasteiger partial charge is 0.293 e. The second kappa shape index (κ2) is 6.76. The van der Waals surface area contributed by atoms with Gasteiger partial charge in [-0.25, -0.2) is 8.42 Å². The van der Waals surface area contributed by atoms with Crippen LogP contribution in [0.3, 0.4) is 0 Å². The molecule has 1 aromatic heterocycles. The SMILES string of the molecule is Cc1nnc(S[C@H](C)C(=O)c2ccc(NS(C)(=O)=O)cc2)s1. The molecule has 0 saturated carbocycles. The standard InChI is InChI=1S/C13H15N3O3S3/c1-8(20-13-15-14-9(2)21-13)12(17)10-4-6-11(7-5-10)16-22(3,18)19/h4-8,16H,1-3H3/t8-/m1/s1. The minimum Gasteiger partial charge on any atom is -0.293 e. The smallest absolute Gasteiger partial charge is 0.229 e. The van der Waals surface area contributed by atoms with Crippen LogP contribution in [0.2, 0.25) is 0 Å². The van der Waals surface area contributed by atoms with E-state index in [2.05, 4.69) is 14.9 Å². The van der Waals surface area contributed by atoms with Crippen molar-refractivity contribution in [3.63, 3.8) is 0 Å². The molecule has 9 heteroatoms. The summed E-state index contributed by atoms with van der Waals surface area (Å²) in [7, 11) is -3.32. The maximum Gasteiger partial charge on any atom is 0.229 e. The summed E-state index contributed by atoms with van der Waals surface area (Å²) in [5.74, 6) is -0.0382. The molecule has 1 N–H and O–H groups in total. The third-order valence-corrected chi connectivity index (χ3v) is 5.26. The van der Waals surface area contributed by atoms with Crippen LogP contribution < -0.4 is 4.72 Å². The van der Waals surface area contributed by atoms with Gasteiger partial charge in [-0.1, -0.05) is 23.1 Å². The summed E-state index contributed by atoms with van der Waals surface area (Å²) in [6.07, 6.45) is 1.08. The van der Waals surface area contributed by atoms with Crippen molar-refractivity contribution in [2.75, 3.05) is 11.0 Å². The fourth-order valence-electron chi connectivity index (χ4n) is 1.68. The highest BCUT2D eigenvalue weighted by Gasteiger charge is 2.18. The number of aromatic nitrogens is 2. The Bertz CT molecular complexity index is 769. The molecular weight excluding hydrogens is 342 g/mol. The van der Waals surface area contributed by atoms with Gasteiger partial charge in [0, 0.05) is 11.3 Å². The Morgan fingerprint density at radius 1 is 1.27 bits per heavy atom. The molecule has 0 aliphatic heterocycles. The van der Waals surface area contributed by atoms with Crippen LogP contribution in [0.15, 0.2) is 28.6 Å². The first kappa shape index (κ1) is 16.9. The van der Waals surface area contributed by atoms with Crippen LogP contribution in [0.25, 0.3) is 0 Å². The van der Waals surface area contributed by atoms with Crippen molar-refractivity contribution in [3.8, 4) is 0 Å². The fourth-order valence-corrected chi connectivity index (χ4v) is 4.28. The van der Waals surface area contributed by atoms with Crippen molar-refractivity contribution in [2.24, 2.45) is 0 Å². The molecule has 0 radical (unpaired) electrons. The van der Waals surface area contributed by atoms with Gasteiger partial charge in [0.25, 0.3) is 0 Å². The summed E-state index contributed by atoms with van der Waals surface area (Å²) in [5.41, 5.74) is 0.958. The predicted octanol–water partition coefficient (Wildman–Crippen LogP) is 2.58. The summed E-state index contributed by atoms with van der Waals surface area (Å²) >= 11 is 2.81. The lowest BCUT2D eigenvalue weighted by Gasteiger charge is -2.09. The van der Waals surface area contributed by atoms with Gasteiger partial charge in [0.15, 0.2) is 10.1 Å². The number of carbonyl (C=O) groups excluding carboxylic acids is 1. The van der Waals surface area contributed by atoms with Gasteiger partial charge in [-0.15, -0.1) is 10.2 Å². The average molecular weight is 357 g/mol. The molecular formula is C13H15N3O3S3. The van der Waals surface area contributed by atoms with Crippen LogP contribution >= 0.6 is 23.1 Å². The fraction of sp³-hybridized carbons (Fsp3) is 0.308. The van der Waals surface area contributed by atoms with Crippen molar-refractivity contribution in [1.29, 1.82) is 0 Å². The molecule has 1 atom stereocenters. The maximum absolute atomic E-state index is 12.3. The molecule has 0 aliphatic rings. The summed E-state index contributed by atoms with van der Waals surface area (Å²) < 4.78 is 25.4. The van der Waals surface area contributed by atoms with Crippen molar-refractivity contribution in [1.82, 2.24) is 10.2 Å². The lowest BCUT2D eigenvalue weighted by molar-refractivity contribution is 0.0994. The minimum absolute atomic E-state index is 0.0382. The molecule has 1 heterocycles. The number of Topliss-reactive ketones (excluding diaryl/α,β-unsaturated/α-hetero) is 1. The number of anilines is 1. The molecule has 0 unspecified atom stereocenters. The highest BCUT2D eigenvalue weighted by atomic mass is 32.2. The summed E-state index contributed by atoms with van der Waals surface area (Å²) in [5, 5.41) is 8.48. The Morgan fingerprint density at radius 2 is 1.91 bits per heavy atom. The van der Waals surface area contributed by atoms with Crippen LogP contribution in [-0.4, -0.2) is 35.9 Å². The molecule has 0 bridgehead atoms. The number of thioether (sulfide) groups is 1. The highest BCUT2D eigenvalue weighted by molar-refractivity contribution is 8.02. The van der Waals surface area contributed by atoms with E-state index in [0.29, 0.717) is 11.3 Å². The number of ketones is 1. The second-order valence-electron chi connectivity index (χ2n) is 4.66. The van der Waals surface area contributed by atoms with E-state index in [1.165, 1.54) is 23.1 Å². The van der Waals surface area contributed by atoms with E-state index in [1.807, 2.05) is 13.8 Å². The van der Waals surface area contributed by atoms with Crippen LogP contribution in [0.4, 0.5) is 5.69 Å². The predicted molar refractivity (Wildman–Crippen MR) is 89.2 cm³/mol. The molecule has 2 rings (SSSR count). The Labute approximate surface area is 137 Å². The minimum atomic E-state index is -3.32. The van der Waals surface area contributed by atoms with E-state index in [-0.39, 0.29) is 11.0 Å². The Morgan fingerprint density at radius 3 is 2.41 bits per heavy atom. The van der Waals surface area contributed by atoms with Gasteiger partial charge in [-0.2, -0.15) is 0 Å². The quantitative estimate of drug-likeness (QED) is 0.631. The molecule has 0 spiro atoms. The van der Waals surface area contributed by atoms with Crippen LogP contribution in [0.5, 0.6) is 0 Å². The Hall–Kier alpha value is -1.45.